The second kappa shape index (κ2) is 9.07. The van der Waals surface area contributed by atoms with Crippen LogP contribution in [0.5, 0.6) is 11.5 Å². The van der Waals surface area contributed by atoms with E-state index in [1.165, 1.54) is 19.8 Å². The molecule has 6 nitrogen and oxygen atoms in total. The summed E-state index contributed by atoms with van der Waals surface area (Å²) in [6, 6.07) is 11.0. The Bertz CT molecular complexity index is 811. The van der Waals surface area contributed by atoms with E-state index in [1.54, 1.807) is 30.1 Å². The van der Waals surface area contributed by atoms with E-state index in [1.807, 2.05) is 26.0 Å². The number of amides is 2. The molecule has 144 valence electrons. The summed E-state index contributed by atoms with van der Waals surface area (Å²) in [5.74, 6) is 0.495. The zero-order valence-electron chi connectivity index (χ0n) is 16.5. The van der Waals surface area contributed by atoms with Gasteiger partial charge in [-0.25, -0.2) is 0 Å². The van der Waals surface area contributed by atoms with Crippen molar-refractivity contribution in [3.63, 3.8) is 0 Å². The number of aryl methyl sites for hydroxylation is 2. The Kier molecular flexibility index (Phi) is 6.82. The third-order valence-electron chi connectivity index (χ3n) is 4.35. The maximum absolute atomic E-state index is 12.4. The van der Waals surface area contributed by atoms with Gasteiger partial charge < -0.3 is 19.7 Å². The number of carbonyl (C=O) groups is 2. The molecule has 0 saturated carbocycles. The van der Waals surface area contributed by atoms with Gasteiger partial charge in [0.05, 0.1) is 20.8 Å². The Morgan fingerprint density at radius 1 is 1.00 bits per heavy atom. The number of rotatable bonds is 7. The molecule has 0 atom stereocenters. The van der Waals surface area contributed by atoms with Gasteiger partial charge in [-0.2, -0.15) is 0 Å². The lowest BCUT2D eigenvalue weighted by atomic mass is 10.1. The number of nitrogens with zero attached hydrogens (tertiary/aromatic N) is 1. The molecule has 6 heteroatoms. The fourth-order valence-corrected chi connectivity index (χ4v) is 2.70. The summed E-state index contributed by atoms with van der Waals surface area (Å²) < 4.78 is 10.3. The van der Waals surface area contributed by atoms with Crippen molar-refractivity contribution in [3.8, 4) is 11.5 Å². The summed E-state index contributed by atoms with van der Waals surface area (Å²) >= 11 is 0. The summed E-state index contributed by atoms with van der Waals surface area (Å²) in [4.78, 5) is 26.3. The van der Waals surface area contributed by atoms with Crippen LogP contribution in [0.1, 0.15) is 27.0 Å². The molecule has 0 radical (unpaired) electrons. The number of methoxy groups -OCH3 is 2. The van der Waals surface area contributed by atoms with Gasteiger partial charge in [-0.15, -0.1) is 0 Å². The minimum absolute atomic E-state index is 0.0836. The van der Waals surface area contributed by atoms with Gasteiger partial charge in [0.25, 0.3) is 5.91 Å². The molecule has 1 N–H and O–H groups in total. The Balaban J connectivity index is 1.97. The maximum Gasteiger partial charge on any atom is 0.251 e. The van der Waals surface area contributed by atoms with Gasteiger partial charge in [0.2, 0.25) is 5.91 Å². The first-order valence-electron chi connectivity index (χ1n) is 8.65. The Labute approximate surface area is 160 Å². The van der Waals surface area contributed by atoms with Crippen LogP contribution in [0, 0.1) is 13.8 Å². The van der Waals surface area contributed by atoms with E-state index in [0.717, 1.165) is 11.1 Å². The highest BCUT2D eigenvalue weighted by Crippen LogP contribution is 2.22. The van der Waals surface area contributed by atoms with Crippen LogP contribution in [-0.4, -0.2) is 44.5 Å². The topological polar surface area (TPSA) is 67.9 Å². The van der Waals surface area contributed by atoms with Crippen molar-refractivity contribution in [2.45, 2.75) is 20.4 Å². The summed E-state index contributed by atoms with van der Waals surface area (Å²) in [5.41, 5.74) is 3.78. The van der Waals surface area contributed by atoms with E-state index in [0.29, 0.717) is 23.6 Å². The number of nitrogens with one attached hydrogen (secondary N) is 1. The molecule has 2 amide bonds. The highest BCUT2D eigenvalue weighted by molar-refractivity contribution is 5.97. The van der Waals surface area contributed by atoms with Gasteiger partial charge in [0.1, 0.15) is 11.5 Å². The number of carbonyl (C=O) groups excluding carboxylic acids is 2. The summed E-state index contributed by atoms with van der Waals surface area (Å²) in [5, 5.41) is 2.65. The highest BCUT2D eigenvalue weighted by atomic mass is 16.5. The lowest BCUT2D eigenvalue weighted by molar-refractivity contribution is -0.129. The molecule has 0 bridgehead atoms. The molecular weight excluding hydrogens is 344 g/mol. The number of ether oxygens (including phenoxy) is 2. The minimum Gasteiger partial charge on any atom is -0.497 e. The van der Waals surface area contributed by atoms with Gasteiger partial charge in [0, 0.05) is 25.2 Å². The first-order chi connectivity index (χ1) is 12.8. The minimum atomic E-state index is -0.361. The number of hydrogen-bond donors (Lipinski definition) is 1. The van der Waals surface area contributed by atoms with Crippen molar-refractivity contribution < 1.29 is 19.1 Å². The van der Waals surface area contributed by atoms with E-state index in [2.05, 4.69) is 11.4 Å². The smallest absolute Gasteiger partial charge is 0.251 e. The van der Waals surface area contributed by atoms with Gasteiger partial charge in [-0.1, -0.05) is 23.8 Å². The molecule has 2 aromatic rings. The molecule has 0 unspecified atom stereocenters. The number of likely N-dealkylation sites (N-methyl/N-ethyl adjacent to an activating group) is 1. The highest BCUT2D eigenvalue weighted by Gasteiger charge is 2.14. The normalized spacial score (nSPS) is 10.3. The molecule has 27 heavy (non-hydrogen) atoms. The van der Waals surface area contributed by atoms with Crippen LogP contribution in [0.3, 0.4) is 0 Å². The van der Waals surface area contributed by atoms with E-state index in [4.69, 9.17) is 9.47 Å². The average Bonchev–Trinajstić information content (AvgIpc) is 2.67. The SMILES string of the molecule is COc1cc(OC)cc(C(=O)NCC(=O)N(C)Cc2ccc(C)cc2C)c1. The predicted molar refractivity (Wildman–Crippen MR) is 104 cm³/mol. The van der Waals surface area contributed by atoms with Crippen LogP contribution < -0.4 is 14.8 Å². The van der Waals surface area contributed by atoms with Gasteiger partial charge in [-0.3, -0.25) is 9.59 Å². The molecule has 0 aliphatic rings. The largest absolute Gasteiger partial charge is 0.497 e. The molecule has 2 rings (SSSR count). The van der Waals surface area contributed by atoms with Crippen molar-refractivity contribution in [2.24, 2.45) is 0 Å². The van der Waals surface area contributed by atoms with Crippen molar-refractivity contribution in [1.82, 2.24) is 10.2 Å². The summed E-state index contributed by atoms with van der Waals surface area (Å²) in [6.07, 6.45) is 0. The molecule has 0 heterocycles. The molecular formula is C21H26N2O4. The van der Waals surface area contributed by atoms with Crippen molar-refractivity contribution in [2.75, 3.05) is 27.8 Å². The number of hydrogen-bond acceptors (Lipinski definition) is 4. The summed E-state index contributed by atoms with van der Waals surface area (Å²) in [7, 11) is 4.76. The van der Waals surface area contributed by atoms with Crippen LogP contribution in [0.25, 0.3) is 0 Å². The van der Waals surface area contributed by atoms with Crippen LogP contribution in [-0.2, 0) is 11.3 Å². The first kappa shape index (κ1) is 20.3. The van der Waals surface area contributed by atoms with Gasteiger partial charge in [0.15, 0.2) is 0 Å². The zero-order chi connectivity index (χ0) is 20.0. The Morgan fingerprint density at radius 2 is 1.63 bits per heavy atom. The van der Waals surface area contributed by atoms with E-state index in [-0.39, 0.29) is 18.4 Å². The van der Waals surface area contributed by atoms with Crippen LogP contribution in [0.2, 0.25) is 0 Å². The number of benzene rings is 2. The molecule has 0 aliphatic heterocycles. The van der Waals surface area contributed by atoms with E-state index < -0.39 is 0 Å². The Morgan fingerprint density at radius 3 is 2.19 bits per heavy atom. The molecule has 0 spiro atoms. The van der Waals surface area contributed by atoms with Gasteiger partial charge in [-0.05, 0) is 37.1 Å². The molecule has 0 aliphatic carbocycles. The summed E-state index contributed by atoms with van der Waals surface area (Å²) in [6.45, 7) is 4.47. The molecule has 0 fully saturated rings. The Hall–Kier alpha value is -3.02. The first-order valence-corrected chi connectivity index (χ1v) is 8.65. The standard InChI is InChI=1S/C21H26N2O4/c1-14-6-7-16(15(2)8-14)13-23(3)20(24)12-22-21(25)17-9-18(26-4)11-19(10-17)27-5/h6-11H,12-13H2,1-5H3,(H,22,25). The maximum atomic E-state index is 12.4. The third kappa shape index (κ3) is 5.48. The quantitative estimate of drug-likeness (QED) is 0.814. The lowest BCUT2D eigenvalue weighted by Crippen LogP contribution is -2.37. The van der Waals surface area contributed by atoms with Gasteiger partial charge >= 0.3 is 0 Å². The zero-order valence-corrected chi connectivity index (χ0v) is 16.5. The van der Waals surface area contributed by atoms with Crippen molar-refractivity contribution in [1.29, 1.82) is 0 Å². The lowest BCUT2D eigenvalue weighted by Gasteiger charge is -2.19. The fourth-order valence-electron chi connectivity index (χ4n) is 2.70. The van der Waals surface area contributed by atoms with Crippen LogP contribution in [0.15, 0.2) is 36.4 Å². The second-order valence-corrected chi connectivity index (χ2v) is 6.46. The molecule has 0 saturated heterocycles. The molecule has 0 aromatic heterocycles. The fraction of sp³-hybridized carbons (Fsp3) is 0.333. The monoisotopic (exact) mass is 370 g/mol. The predicted octanol–water partition coefficient (Wildman–Crippen LogP) is 2.71. The third-order valence-corrected chi connectivity index (χ3v) is 4.35. The molecule has 2 aromatic carbocycles. The second-order valence-electron chi connectivity index (χ2n) is 6.46. The van der Waals surface area contributed by atoms with Crippen LogP contribution >= 0.6 is 0 Å². The van der Waals surface area contributed by atoms with Crippen molar-refractivity contribution in [3.05, 3.63) is 58.7 Å². The van der Waals surface area contributed by atoms with Crippen molar-refractivity contribution >= 4 is 11.8 Å². The van der Waals surface area contributed by atoms with E-state index in [9.17, 15) is 9.59 Å². The van der Waals surface area contributed by atoms with E-state index >= 15 is 0 Å². The van der Waals surface area contributed by atoms with Crippen LogP contribution in [0.4, 0.5) is 0 Å². The average molecular weight is 370 g/mol.